The molecule has 2 aromatic carbocycles. The van der Waals surface area contributed by atoms with E-state index < -0.39 is 11.6 Å². The SMILES string of the molecule is CN=C(NCc1cccc(OCCOC)c1)NC1CCN(c2c(F)cccc2F)C1.I. The molecule has 6 nitrogen and oxygen atoms in total. The van der Waals surface area contributed by atoms with Crippen molar-refractivity contribution in [1.82, 2.24) is 10.6 Å². The number of hydrogen-bond acceptors (Lipinski definition) is 4. The fourth-order valence-corrected chi connectivity index (χ4v) is 3.43. The van der Waals surface area contributed by atoms with E-state index in [1.54, 1.807) is 19.1 Å². The minimum Gasteiger partial charge on any atom is -0.491 e. The Kier molecular flexibility index (Phi) is 10.3. The third kappa shape index (κ3) is 7.20. The molecule has 1 saturated heterocycles. The van der Waals surface area contributed by atoms with Crippen molar-refractivity contribution in [2.45, 2.75) is 19.0 Å². The van der Waals surface area contributed by atoms with Crippen LogP contribution in [0.1, 0.15) is 12.0 Å². The third-order valence-electron chi connectivity index (χ3n) is 4.92. The predicted octanol–water partition coefficient (Wildman–Crippen LogP) is 3.55. The molecule has 0 saturated carbocycles. The Hall–Kier alpha value is -2.14. The number of hydrogen-bond donors (Lipinski definition) is 2. The zero-order valence-electron chi connectivity index (χ0n) is 17.7. The average Bonchev–Trinajstić information content (AvgIpc) is 3.19. The smallest absolute Gasteiger partial charge is 0.191 e. The maximum absolute atomic E-state index is 14.0. The Balaban J connectivity index is 0.00000341. The van der Waals surface area contributed by atoms with Crippen LogP contribution >= 0.6 is 24.0 Å². The van der Waals surface area contributed by atoms with Crippen LogP contribution < -0.4 is 20.3 Å². The fourth-order valence-electron chi connectivity index (χ4n) is 3.43. The van der Waals surface area contributed by atoms with E-state index in [9.17, 15) is 8.78 Å². The van der Waals surface area contributed by atoms with Crippen molar-refractivity contribution in [3.05, 3.63) is 59.7 Å². The van der Waals surface area contributed by atoms with Crippen LogP contribution in [0, 0.1) is 11.6 Å². The molecule has 1 aliphatic rings. The lowest BCUT2D eigenvalue weighted by Crippen LogP contribution is -2.44. The van der Waals surface area contributed by atoms with Gasteiger partial charge < -0.3 is 25.0 Å². The van der Waals surface area contributed by atoms with Crippen LogP contribution in [-0.4, -0.2) is 52.5 Å². The van der Waals surface area contributed by atoms with Gasteiger partial charge in [-0.05, 0) is 36.2 Å². The van der Waals surface area contributed by atoms with Gasteiger partial charge in [0.25, 0.3) is 0 Å². The van der Waals surface area contributed by atoms with E-state index in [2.05, 4.69) is 15.6 Å². The van der Waals surface area contributed by atoms with Crippen molar-refractivity contribution in [3.8, 4) is 5.75 Å². The van der Waals surface area contributed by atoms with Gasteiger partial charge in [-0.3, -0.25) is 4.99 Å². The van der Waals surface area contributed by atoms with Gasteiger partial charge in [0.15, 0.2) is 5.96 Å². The molecule has 1 aliphatic heterocycles. The minimum atomic E-state index is -0.536. The van der Waals surface area contributed by atoms with E-state index in [4.69, 9.17) is 9.47 Å². The molecule has 0 radical (unpaired) electrons. The zero-order chi connectivity index (χ0) is 21.3. The van der Waals surface area contributed by atoms with Gasteiger partial charge in [-0.15, -0.1) is 24.0 Å². The van der Waals surface area contributed by atoms with Crippen LogP contribution in [0.4, 0.5) is 14.5 Å². The lowest BCUT2D eigenvalue weighted by molar-refractivity contribution is 0.146. The van der Waals surface area contributed by atoms with E-state index in [0.29, 0.717) is 38.8 Å². The number of anilines is 1. The van der Waals surface area contributed by atoms with Gasteiger partial charge in [-0.1, -0.05) is 18.2 Å². The maximum atomic E-state index is 14.0. The molecule has 0 amide bonds. The van der Waals surface area contributed by atoms with Gasteiger partial charge in [0.2, 0.25) is 0 Å². The van der Waals surface area contributed by atoms with Crippen molar-refractivity contribution in [3.63, 3.8) is 0 Å². The van der Waals surface area contributed by atoms with E-state index in [1.807, 2.05) is 24.3 Å². The van der Waals surface area contributed by atoms with Crippen LogP contribution in [0.2, 0.25) is 0 Å². The molecule has 0 bridgehead atoms. The summed E-state index contributed by atoms with van der Waals surface area (Å²) in [5, 5.41) is 6.61. The molecule has 31 heavy (non-hydrogen) atoms. The fraction of sp³-hybridized carbons (Fsp3) is 0.409. The van der Waals surface area contributed by atoms with Crippen molar-refractivity contribution in [2.75, 3.05) is 45.4 Å². The van der Waals surface area contributed by atoms with E-state index in [1.165, 1.54) is 18.2 Å². The largest absolute Gasteiger partial charge is 0.491 e. The van der Waals surface area contributed by atoms with Crippen LogP contribution in [-0.2, 0) is 11.3 Å². The Labute approximate surface area is 199 Å². The second-order valence-corrected chi connectivity index (χ2v) is 7.06. The zero-order valence-corrected chi connectivity index (χ0v) is 20.1. The Morgan fingerprint density at radius 2 is 1.90 bits per heavy atom. The standard InChI is InChI=1S/C22H28F2N4O2.HI/c1-25-22(26-14-16-5-3-6-18(13-16)30-12-11-29-2)27-17-9-10-28(15-17)21-19(23)7-4-8-20(21)24;/h3-8,13,17H,9-12,14-15H2,1-2H3,(H2,25,26,27);1H. The number of nitrogens with zero attached hydrogens (tertiary/aromatic N) is 2. The second kappa shape index (κ2) is 12.7. The lowest BCUT2D eigenvalue weighted by atomic mass is 10.2. The summed E-state index contributed by atoms with van der Waals surface area (Å²) >= 11 is 0. The first-order valence-corrected chi connectivity index (χ1v) is 9.97. The van der Waals surface area contributed by atoms with Crippen LogP contribution in [0.15, 0.2) is 47.5 Å². The number of aliphatic imine (C=N–C) groups is 1. The highest BCUT2D eigenvalue weighted by Gasteiger charge is 2.27. The first kappa shape index (κ1) is 25.1. The molecule has 0 aromatic heterocycles. The molecule has 3 rings (SSSR count). The highest BCUT2D eigenvalue weighted by atomic mass is 127. The van der Waals surface area contributed by atoms with Crippen LogP contribution in [0.25, 0.3) is 0 Å². The van der Waals surface area contributed by atoms with Gasteiger partial charge in [-0.25, -0.2) is 8.78 Å². The first-order valence-electron chi connectivity index (χ1n) is 9.97. The minimum absolute atomic E-state index is 0. The van der Waals surface area contributed by atoms with Gasteiger partial charge in [-0.2, -0.15) is 0 Å². The number of benzene rings is 2. The molecule has 170 valence electrons. The summed E-state index contributed by atoms with van der Waals surface area (Å²) in [5.41, 5.74) is 1.09. The molecule has 1 heterocycles. The summed E-state index contributed by atoms with van der Waals surface area (Å²) in [7, 11) is 3.33. The van der Waals surface area contributed by atoms with Gasteiger partial charge in [0, 0.05) is 39.8 Å². The Morgan fingerprint density at radius 1 is 1.16 bits per heavy atom. The summed E-state index contributed by atoms with van der Waals surface area (Å²) < 4.78 is 38.7. The molecule has 0 aliphatic carbocycles. The summed E-state index contributed by atoms with van der Waals surface area (Å²) in [5.74, 6) is 0.353. The third-order valence-corrected chi connectivity index (χ3v) is 4.92. The monoisotopic (exact) mass is 546 g/mol. The molecular formula is C22H29F2IN4O2. The molecule has 1 atom stereocenters. The number of guanidine groups is 1. The normalized spacial score (nSPS) is 16.1. The number of para-hydroxylation sites is 1. The highest BCUT2D eigenvalue weighted by molar-refractivity contribution is 14.0. The van der Waals surface area contributed by atoms with Crippen molar-refractivity contribution < 1.29 is 18.3 Å². The van der Waals surface area contributed by atoms with Gasteiger partial charge >= 0.3 is 0 Å². The maximum Gasteiger partial charge on any atom is 0.191 e. The average molecular weight is 546 g/mol. The molecular weight excluding hydrogens is 517 g/mol. The Morgan fingerprint density at radius 3 is 2.61 bits per heavy atom. The number of methoxy groups -OCH3 is 1. The van der Waals surface area contributed by atoms with Gasteiger partial charge in [0.1, 0.15) is 29.7 Å². The number of ether oxygens (including phenoxy) is 2. The van der Waals surface area contributed by atoms with Crippen molar-refractivity contribution in [1.29, 1.82) is 0 Å². The Bertz CT molecular complexity index is 849. The lowest BCUT2D eigenvalue weighted by Gasteiger charge is -2.21. The van der Waals surface area contributed by atoms with Crippen LogP contribution in [0.5, 0.6) is 5.75 Å². The molecule has 1 unspecified atom stereocenters. The summed E-state index contributed by atoms with van der Waals surface area (Å²) in [6, 6.07) is 11.8. The predicted molar refractivity (Wildman–Crippen MR) is 130 cm³/mol. The number of nitrogens with one attached hydrogen (secondary N) is 2. The van der Waals surface area contributed by atoms with Crippen LogP contribution in [0.3, 0.4) is 0 Å². The molecule has 2 aromatic rings. The topological polar surface area (TPSA) is 58.1 Å². The van der Waals surface area contributed by atoms with Gasteiger partial charge in [0.05, 0.1) is 6.61 Å². The highest BCUT2D eigenvalue weighted by Crippen LogP contribution is 2.26. The summed E-state index contributed by atoms with van der Waals surface area (Å²) in [6.45, 7) is 2.68. The number of rotatable bonds is 8. The van der Waals surface area contributed by atoms with E-state index in [0.717, 1.165) is 17.7 Å². The molecule has 9 heteroatoms. The summed E-state index contributed by atoms with van der Waals surface area (Å²) in [4.78, 5) is 6.00. The second-order valence-electron chi connectivity index (χ2n) is 7.06. The quantitative estimate of drug-likeness (QED) is 0.230. The summed E-state index contributed by atoms with van der Waals surface area (Å²) in [6.07, 6.45) is 0.761. The molecule has 1 fully saturated rings. The van der Waals surface area contributed by atoms with Crippen molar-refractivity contribution in [2.24, 2.45) is 4.99 Å². The van der Waals surface area contributed by atoms with Crippen molar-refractivity contribution >= 4 is 35.6 Å². The first-order chi connectivity index (χ1) is 14.6. The molecule has 0 spiro atoms. The molecule has 2 N–H and O–H groups in total. The number of halogens is 3. The van der Waals surface area contributed by atoms with E-state index >= 15 is 0 Å². The van der Waals surface area contributed by atoms with E-state index in [-0.39, 0.29) is 35.7 Å².